The smallest absolute Gasteiger partial charge is 0.267 e. The third kappa shape index (κ3) is 4.03. The average Bonchev–Trinajstić information content (AvgIpc) is 2.25. The third-order valence-electron chi connectivity index (χ3n) is 2.07. The fraction of sp³-hybridized carbons (Fsp3) is 0.600. The lowest BCUT2D eigenvalue weighted by Gasteiger charge is -2.12. The first-order chi connectivity index (χ1) is 7.65. The predicted molar refractivity (Wildman–Crippen MR) is 65.4 cm³/mol. The van der Waals surface area contributed by atoms with Gasteiger partial charge in [-0.25, -0.2) is 4.98 Å². The second kappa shape index (κ2) is 6.78. The van der Waals surface area contributed by atoms with Crippen LogP contribution in [-0.4, -0.2) is 33.9 Å². The zero-order valence-corrected chi connectivity index (χ0v) is 10.8. The molecule has 0 fully saturated rings. The maximum atomic E-state index is 11.6. The second-order valence-electron chi connectivity index (χ2n) is 3.56. The number of aromatic nitrogens is 2. The van der Waals surface area contributed by atoms with Crippen LogP contribution < -0.4 is 10.9 Å². The molecule has 2 N–H and O–H groups in total. The van der Waals surface area contributed by atoms with Crippen LogP contribution in [0.4, 0.5) is 0 Å². The number of hydrogen-bond acceptors (Lipinski definition) is 4. The summed E-state index contributed by atoms with van der Waals surface area (Å²) in [5.74, 6) is 0. The summed E-state index contributed by atoms with van der Waals surface area (Å²) in [4.78, 5) is 15.5. The Balaban J connectivity index is 2.53. The highest BCUT2D eigenvalue weighted by Gasteiger charge is 2.07. The second-order valence-corrected chi connectivity index (χ2v) is 4.41. The van der Waals surface area contributed by atoms with Crippen molar-refractivity contribution in [3.05, 3.63) is 27.4 Å². The zero-order chi connectivity index (χ0) is 12.0. The Labute approximate surface area is 103 Å². The maximum Gasteiger partial charge on any atom is 0.267 e. The van der Waals surface area contributed by atoms with Crippen molar-refractivity contribution in [2.24, 2.45) is 0 Å². The molecule has 0 bridgehead atoms. The quantitative estimate of drug-likeness (QED) is 0.743. The molecule has 1 aromatic rings. The van der Waals surface area contributed by atoms with E-state index in [1.807, 2.05) is 0 Å². The minimum atomic E-state index is -0.583. The van der Waals surface area contributed by atoms with Crippen molar-refractivity contribution in [3.63, 3.8) is 0 Å². The van der Waals surface area contributed by atoms with Crippen LogP contribution in [0.15, 0.2) is 21.8 Å². The Kier molecular flexibility index (Phi) is 5.65. The number of aliphatic hydroxyl groups is 1. The van der Waals surface area contributed by atoms with E-state index in [1.165, 1.54) is 17.1 Å². The van der Waals surface area contributed by atoms with Crippen LogP contribution in [0, 0.1) is 0 Å². The fourth-order valence-electron chi connectivity index (χ4n) is 1.29. The molecule has 1 atom stereocenters. The summed E-state index contributed by atoms with van der Waals surface area (Å²) in [7, 11) is 0. The minimum Gasteiger partial charge on any atom is -0.390 e. The number of halogens is 1. The van der Waals surface area contributed by atoms with E-state index in [2.05, 4.69) is 33.2 Å². The van der Waals surface area contributed by atoms with Gasteiger partial charge in [0.15, 0.2) is 0 Å². The van der Waals surface area contributed by atoms with Gasteiger partial charge in [0.1, 0.15) is 4.47 Å². The van der Waals surface area contributed by atoms with Crippen LogP contribution in [-0.2, 0) is 6.54 Å². The summed E-state index contributed by atoms with van der Waals surface area (Å²) in [5, 5.41) is 12.8. The molecule has 0 aliphatic rings. The van der Waals surface area contributed by atoms with E-state index < -0.39 is 6.10 Å². The number of nitrogens with one attached hydrogen (secondary N) is 1. The largest absolute Gasteiger partial charge is 0.390 e. The molecule has 0 amide bonds. The fourth-order valence-corrected chi connectivity index (χ4v) is 1.64. The topological polar surface area (TPSA) is 67.2 Å². The average molecular weight is 290 g/mol. The minimum absolute atomic E-state index is 0.176. The summed E-state index contributed by atoms with van der Waals surface area (Å²) in [6.45, 7) is 3.65. The Morgan fingerprint density at radius 3 is 3.12 bits per heavy atom. The molecule has 0 saturated heterocycles. The summed E-state index contributed by atoms with van der Waals surface area (Å²) in [6.07, 6.45) is 3.31. The first-order valence-corrected chi connectivity index (χ1v) is 6.03. The Bertz CT molecular complexity index is 381. The van der Waals surface area contributed by atoms with Gasteiger partial charge in [0.05, 0.1) is 19.0 Å². The Morgan fingerprint density at radius 2 is 2.44 bits per heavy atom. The van der Waals surface area contributed by atoms with E-state index in [9.17, 15) is 9.90 Å². The van der Waals surface area contributed by atoms with Gasteiger partial charge >= 0.3 is 0 Å². The molecule has 1 aromatic heterocycles. The summed E-state index contributed by atoms with van der Waals surface area (Å²) in [6, 6.07) is 0. The number of rotatable bonds is 6. The van der Waals surface area contributed by atoms with E-state index in [4.69, 9.17) is 0 Å². The van der Waals surface area contributed by atoms with Crippen LogP contribution in [0.1, 0.15) is 13.3 Å². The maximum absolute atomic E-state index is 11.6. The number of aliphatic hydroxyl groups excluding tert-OH is 1. The highest BCUT2D eigenvalue weighted by atomic mass is 79.9. The lowest BCUT2D eigenvalue weighted by atomic mass is 10.3. The first kappa shape index (κ1) is 13.3. The molecule has 0 aromatic carbocycles. The van der Waals surface area contributed by atoms with E-state index in [0.717, 1.165) is 13.0 Å². The van der Waals surface area contributed by atoms with Gasteiger partial charge in [0.2, 0.25) is 0 Å². The number of hydrogen-bond donors (Lipinski definition) is 2. The van der Waals surface area contributed by atoms with Gasteiger partial charge in [-0.1, -0.05) is 6.92 Å². The SMILES string of the molecule is CCCNCC(O)Cn1cncc(Br)c1=O. The van der Waals surface area contributed by atoms with Crippen molar-refractivity contribution in [1.82, 2.24) is 14.9 Å². The summed E-state index contributed by atoms with van der Waals surface area (Å²) >= 11 is 3.11. The Hall–Kier alpha value is -0.720. The molecule has 1 heterocycles. The van der Waals surface area contributed by atoms with Gasteiger partial charge in [0, 0.05) is 12.7 Å². The van der Waals surface area contributed by atoms with Crippen molar-refractivity contribution in [2.75, 3.05) is 13.1 Å². The molecular weight excluding hydrogens is 274 g/mol. The summed E-state index contributed by atoms with van der Waals surface area (Å²) in [5.41, 5.74) is -0.176. The molecule has 6 heteroatoms. The van der Waals surface area contributed by atoms with Crippen molar-refractivity contribution < 1.29 is 5.11 Å². The molecule has 0 radical (unpaired) electrons. The number of nitrogens with zero attached hydrogens (tertiary/aromatic N) is 2. The van der Waals surface area contributed by atoms with Crippen LogP contribution in [0.5, 0.6) is 0 Å². The van der Waals surface area contributed by atoms with Crippen LogP contribution in [0.25, 0.3) is 0 Å². The van der Waals surface area contributed by atoms with Gasteiger partial charge in [-0.05, 0) is 28.9 Å². The molecule has 0 aliphatic heterocycles. The van der Waals surface area contributed by atoms with E-state index in [0.29, 0.717) is 11.0 Å². The summed E-state index contributed by atoms with van der Waals surface area (Å²) < 4.78 is 1.80. The first-order valence-electron chi connectivity index (χ1n) is 5.24. The standard InChI is InChI=1S/C10H16BrN3O2/c1-2-3-12-4-8(15)6-14-7-13-5-9(11)10(14)16/h5,7-8,12,15H,2-4,6H2,1H3. The van der Waals surface area contributed by atoms with Crippen LogP contribution >= 0.6 is 15.9 Å². The van der Waals surface area contributed by atoms with Crippen LogP contribution in [0.3, 0.4) is 0 Å². The monoisotopic (exact) mass is 289 g/mol. The molecule has 16 heavy (non-hydrogen) atoms. The molecule has 0 saturated carbocycles. The van der Waals surface area contributed by atoms with Gasteiger partial charge < -0.3 is 10.4 Å². The molecule has 1 unspecified atom stereocenters. The normalized spacial score (nSPS) is 12.7. The van der Waals surface area contributed by atoms with E-state index in [1.54, 1.807) is 0 Å². The molecular formula is C10H16BrN3O2. The molecule has 1 rings (SSSR count). The highest BCUT2D eigenvalue weighted by molar-refractivity contribution is 9.10. The third-order valence-corrected chi connectivity index (χ3v) is 2.62. The molecule has 0 aliphatic carbocycles. The van der Waals surface area contributed by atoms with Crippen molar-refractivity contribution >= 4 is 15.9 Å². The van der Waals surface area contributed by atoms with Gasteiger partial charge in [0.25, 0.3) is 5.56 Å². The van der Waals surface area contributed by atoms with E-state index in [-0.39, 0.29) is 12.1 Å². The van der Waals surface area contributed by atoms with Gasteiger partial charge in [-0.15, -0.1) is 0 Å². The van der Waals surface area contributed by atoms with Gasteiger partial charge in [-0.2, -0.15) is 0 Å². The van der Waals surface area contributed by atoms with Crippen molar-refractivity contribution in [3.8, 4) is 0 Å². The molecule has 90 valence electrons. The van der Waals surface area contributed by atoms with E-state index >= 15 is 0 Å². The lowest BCUT2D eigenvalue weighted by molar-refractivity contribution is 0.150. The van der Waals surface area contributed by atoms with Crippen molar-refractivity contribution in [1.29, 1.82) is 0 Å². The highest BCUT2D eigenvalue weighted by Crippen LogP contribution is 1.98. The Morgan fingerprint density at radius 1 is 1.69 bits per heavy atom. The zero-order valence-electron chi connectivity index (χ0n) is 9.19. The van der Waals surface area contributed by atoms with Gasteiger partial charge in [-0.3, -0.25) is 9.36 Å². The van der Waals surface area contributed by atoms with Crippen molar-refractivity contribution in [2.45, 2.75) is 26.0 Å². The van der Waals surface area contributed by atoms with Crippen LogP contribution in [0.2, 0.25) is 0 Å². The molecule has 0 spiro atoms. The lowest BCUT2D eigenvalue weighted by Crippen LogP contribution is -2.34. The molecule has 5 nitrogen and oxygen atoms in total. The predicted octanol–water partition coefficient (Wildman–Crippen LogP) is 0.366.